The molecule has 0 aliphatic rings. The van der Waals surface area contributed by atoms with Crippen LogP contribution in [0.1, 0.15) is 15.9 Å². The van der Waals surface area contributed by atoms with E-state index in [0.29, 0.717) is 6.07 Å². The lowest BCUT2D eigenvalue weighted by Crippen LogP contribution is -2.19. The highest BCUT2D eigenvalue weighted by Gasteiger charge is 2.32. The summed E-state index contributed by atoms with van der Waals surface area (Å²) in [6.07, 6.45) is -5.00. The van der Waals surface area contributed by atoms with Crippen LogP contribution in [0.15, 0.2) is 6.07 Å². The number of pyridine rings is 1. The fourth-order valence-corrected chi connectivity index (χ4v) is 1.02. The number of carboxylic acid groups (broad SMARTS) is 1. The molecule has 0 atom stereocenters. The topological polar surface area (TPSA) is 109 Å². The zero-order valence-corrected chi connectivity index (χ0v) is 7.95. The summed E-state index contributed by atoms with van der Waals surface area (Å²) in [5, 5.41) is 17.2. The molecule has 90 valence electrons. The van der Waals surface area contributed by atoms with Gasteiger partial charge in [-0.15, -0.1) is 13.2 Å². The molecule has 1 rings (SSSR count). The van der Waals surface area contributed by atoms with Gasteiger partial charge in [-0.25, -0.2) is 4.79 Å². The van der Waals surface area contributed by atoms with Crippen molar-refractivity contribution in [2.45, 2.75) is 6.36 Å². The van der Waals surface area contributed by atoms with Gasteiger partial charge in [-0.1, -0.05) is 0 Å². The molecular formula is C8H4F3N3O3. The van der Waals surface area contributed by atoms with E-state index in [4.69, 9.17) is 16.1 Å². The molecule has 1 heterocycles. The number of nitrogens with two attached hydrogens (primary N) is 1. The molecule has 0 unspecified atom stereocenters. The molecule has 0 aromatic carbocycles. The van der Waals surface area contributed by atoms with Crippen LogP contribution in [0.4, 0.5) is 19.0 Å². The number of nitrogen functional groups attached to an aromatic ring is 1. The second-order valence-electron chi connectivity index (χ2n) is 2.73. The average molecular weight is 247 g/mol. The van der Waals surface area contributed by atoms with Crippen LogP contribution in [0.2, 0.25) is 0 Å². The summed E-state index contributed by atoms with van der Waals surface area (Å²) in [6.45, 7) is 0. The van der Waals surface area contributed by atoms with Crippen molar-refractivity contribution in [1.82, 2.24) is 4.98 Å². The molecule has 0 saturated heterocycles. The summed E-state index contributed by atoms with van der Waals surface area (Å²) in [5.41, 5.74) is 3.90. The van der Waals surface area contributed by atoms with E-state index in [-0.39, 0.29) is 0 Å². The number of alkyl halides is 3. The maximum atomic E-state index is 11.9. The monoisotopic (exact) mass is 247 g/mol. The number of nitrogens with zero attached hydrogens (tertiary/aromatic N) is 2. The minimum absolute atomic E-state index is 0.549. The number of aromatic carboxylic acids is 1. The molecule has 3 N–H and O–H groups in total. The second kappa shape index (κ2) is 4.17. The van der Waals surface area contributed by atoms with Crippen LogP contribution < -0.4 is 10.5 Å². The number of rotatable bonds is 2. The van der Waals surface area contributed by atoms with Crippen LogP contribution in [-0.4, -0.2) is 22.4 Å². The van der Waals surface area contributed by atoms with Crippen molar-refractivity contribution < 1.29 is 27.8 Å². The number of nitriles is 1. The van der Waals surface area contributed by atoms with Gasteiger partial charge in [-0.3, -0.25) is 0 Å². The van der Waals surface area contributed by atoms with E-state index >= 15 is 0 Å². The number of aromatic nitrogens is 1. The standard InChI is InChI=1S/C8H4F3N3O3/c9-8(10,11)17-4-1-3(2-12)5(7(15)16)6(13)14-4/h1H,(H2,13,14)(H,15,16). The first-order valence-corrected chi connectivity index (χ1v) is 3.94. The largest absolute Gasteiger partial charge is 0.574 e. The Kier molecular flexibility index (Phi) is 3.08. The Morgan fingerprint density at radius 2 is 2.18 bits per heavy atom. The molecule has 1 aromatic heterocycles. The van der Waals surface area contributed by atoms with Crippen molar-refractivity contribution in [3.05, 3.63) is 17.2 Å². The van der Waals surface area contributed by atoms with E-state index in [0.717, 1.165) is 0 Å². The van der Waals surface area contributed by atoms with E-state index in [1.807, 2.05) is 0 Å². The Morgan fingerprint density at radius 3 is 2.59 bits per heavy atom. The molecule has 0 amide bonds. The Bertz CT molecular complexity index is 507. The third kappa shape index (κ3) is 2.97. The lowest BCUT2D eigenvalue weighted by atomic mass is 10.1. The van der Waals surface area contributed by atoms with Crippen LogP contribution in [0.3, 0.4) is 0 Å². The molecule has 0 aliphatic heterocycles. The highest BCUT2D eigenvalue weighted by molar-refractivity contribution is 5.95. The third-order valence-electron chi connectivity index (χ3n) is 1.58. The van der Waals surface area contributed by atoms with Gasteiger partial charge in [-0.05, 0) is 0 Å². The van der Waals surface area contributed by atoms with Crippen LogP contribution >= 0.6 is 0 Å². The molecule has 0 aliphatic carbocycles. The molecule has 17 heavy (non-hydrogen) atoms. The van der Waals surface area contributed by atoms with Crippen molar-refractivity contribution >= 4 is 11.8 Å². The zero-order valence-electron chi connectivity index (χ0n) is 7.95. The predicted molar refractivity (Wildman–Crippen MR) is 47.0 cm³/mol. The Labute approximate surface area is 92.0 Å². The van der Waals surface area contributed by atoms with Crippen LogP contribution in [-0.2, 0) is 0 Å². The number of hydrogen-bond acceptors (Lipinski definition) is 5. The van der Waals surface area contributed by atoms with Gasteiger partial charge in [0.1, 0.15) is 17.5 Å². The normalized spacial score (nSPS) is 10.7. The van der Waals surface area contributed by atoms with Gasteiger partial charge in [0.2, 0.25) is 5.88 Å². The molecule has 1 aromatic rings. The first-order valence-electron chi connectivity index (χ1n) is 3.94. The van der Waals surface area contributed by atoms with E-state index in [1.54, 1.807) is 0 Å². The quantitative estimate of drug-likeness (QED) is 0.810. The van der Waals surface area contributed by atoms with Crippen molar-refractivity contribution in [2.24, 2.45) is 0 Å². The first-order chi connectivity index (χ1) is 7.74. The highest BCUT2D eigenvalue weighted by atomic mass is 19.4. The van der Waals surface area contributed by atoms with E-state index in [9.17, 15) is 18.0 Å². The summed E-state index contributed by atoms with van der Waals surface area (Å²) < 4.78 is 39.0. The summed E-state index contributed by atoms with van der Waals surface area (Å²) in [6, 6.07) is 1.94. The number of anilines is 1. The van der Waals surface area contributed by atoms with Crippen molar-refractivity contribution in [3.8, 4) is 11.9 Å². The van der Waals surface area contributed by atoms with Crippen LogP contribution in [0, 0.1) is 11.3 Å². The van der Waals surface area contributed by atoms with Crippen LogP contribution in [0.5, 0.6) is 5.88 Å². The molecule has 0 radical (unpaired) electrons. The Balaban J connectivity index is 3.29. The molecule has 0 bridgehead atoms. The van der Waals surface area contributed by atoms with E-state index in [1.165, 1.54) is 6.07 Å². The van der Waals surface area contributed by atoms with Crippen LogP contribution in [0.25, 0.3) is 0 Å². The predicted octanol–water partition coefficient (Wildman–Crippen LogP) is 1.13. The fraction of sp³-hybridized carbons (Fsp3) is 0.125. The zero-order chi connectivity index (χ0) is 13.2. The summed E-state index contributed by atoms with van der Waals surface area (Å²) in [7, 11) is 0. The van der Waals surface area contributed by atoms with Gasteiger partial charge in [0, 0.05) is 6.07 Å². The molecule has 6 nitrogen and oxygen atoms in total. The summed E-state index contributed by atoms with van der Waals surface area (Å²) >= 11 is 0. The van der Waals surface area contributed by atoms with Gasteiger partial charge >= 0.3 is 12.3 Å². The number of carboxylic acids is 1. The second-order valence-corrected chi connectivity index (χ2v) is 2.73. The lowest BCUT2D eigenvalue weighted by molar-refractivity contribution is -0.276. The SMILES string of the molecule is N#Cc1cc(OC(F)(F)F)nc(N)c1C(=O)O. The minimum atomic E-state index is -5.00. The Morgan fingerprint density at radius 1 is 1.59 bits per heavy atom. The molecule has 0 spiro atoms. The maximum absolute atomic E-state index is 11.9. The van der Waals surface area contributed by atoms with Gasteiger partial charge in [-0.2, -0.15) is 10.2 Å². The Hall–Kier alpha value is -2.50. The van der Waals surface area contributed by atoms with Gasteiger partial charge in [0.15, 0.2) is 0 Å². The fourth-order valence-electron chi connectivity index (χ4n) is 1.02. The van der Waals surface area contributed by atoms with Gasteiger partial charge in [0.25, 0.3) is 0 Å². The number of hydrogen-bond donors (Lipinski definition) is 2. The number of halogens is 3. The highest BCUT2D eigenvalue weighted by Crippen LogP contribution is 2.25. The molecule has 0 fully saturated rings. The maximum Gasteiger partial charge on any atom is 0.574 e. The number of ether oxygens (including phenoxy) is 1. The van der Waals surface area contributed by atoms with Crippen molar-refractivity contribution in [1.29, 1.82) is 5.26 Å². The van der Waals surface area contributed by atoms with E-state index in [2.05, 4.69) is 9.72 Å². The van der Waals surface area contributed by atoms with Crippen molar-refractivity contribution in [2.75, 3.05) is 5.73 Å². The molecule has 9 heteroatoms. The molecule has 0 saturated carbocycles. The minimum Gasteiger partial charge on any atom is -0.478 e. The van der Waals surface area contributed by atoms with E-state index < -0.39 is 35.2 Å². The smallest absolute Gasteiger partial charge is 0.478 e. The van der Waals surface area contributed by atoms with Gasteiger partial charge < -0.3 is 15.6 Å². The molecular weight excluding hydrogens is 243 g/mol. The first kappa shape index (κ1) is 12.6. The average Bonchev–Trinajstić information content (AvgIpc) is 2.12. The summed E-state index contributed by atoms with van der Waals surface area (Å²) in [4.78, 5) is 13.8. The number of carbonyl (C=O) groups is 1. The lowest BCUT2D eigenvalue weighted by Gasteiger charge is -2.09. The van der Waals surface area contributed by atoms with Crippen molar-refractivity contribution in [3.63, 3.8) is 0 Å². The van der Waals surface area contributed by atoms with Gasteiger partial charge in [0.05, 0.1) is 5.56 Å². The summed E-state index contributed by atoms with van der Waals surface area (Å²) in [5.74, 6) is -3.28. The third-order valence-corrected chi connectivity index (χ3v) is 1.58.